The molecule has 0 aliphatic heterocycles. The molecule has 1 N–H and O–H groups in total. The number of hydrogen-bond donors (Lipinski definition) is 1. The van der Waals surface area contributed by atoms with E-state index in [-0.39, 0.29) is 0 Å². The van der Waals surface area contributed by atoms with Gasteiger partial charge < -0.3 is 14.4 Å². The molecule has 2 aromatic carbocycles. The normalized spacial score (nSPS) is 11.4. The quantitative estimate of drug-likeness (QED) is 0.334. The Labute approximate surface area is 149 Å². The summed E-state index contributed by atoms with van der Waals surface area (Å²) in [6, 6.07) is 19.5. The van der Waals surface area contributed by atoms with E-state index >= 15 is 0 Å². The number of aromatic nitrogens is 2. The zero-order chi connectivity index (χ0) is 17.9. The van der Waals surface area contributed by atoms with Gasteiger partial charge in [0.2, 0.25) is 0 Å². The maximum atomic E-state index is 8.67. The zero-order valence-electron chi connectivity index (χ0n) is 14.2. The second kappa shape index (κ2) is 6.76. The summed E-state index contributed by atoms with van der Waals surface area (Å²) in [5.41, 5.74) is 2.84. The third-order valence-corrected chi connectivity index (χ3v) is 4.18. The van der Waals surface area contributed by atoms with E-state index in [9.17, 15) is 0 Å². The van der Waals surface area contributed by atoms with E-state index in [1.165, 1.54) is 6.21 Å². The molecule has 0 fully saturated rings. The Kier molecular flexibility index (Phi) is 4.15. The highest BCUT2D eigenvalue weighted by Crippen LogP contribution is 2.31. The second-order valence-corrected chi connectivity index (χ2v) is 5.82. The minimum absolute atomic E-state index is 0.460. The van der Waals surface area contributed by atoms with Crippen LogP contribution in [0.3, 0.4) is 0 Å². The summed E-state index contributed by atoms with van der Waals surface area (Å²) in [4.78, 5) is 0. The van der Waals surface area contributed by atoms with E-state index in [1.807, 2.05) is 47.1 Å². The number of ether oxygens (including phenoxy) is 1. The number of methoxy groups -OCH3 is 1. The van der Waals surface area contributed by atoms with E-state index < -0.39 is 0 Å². The molecule has 4 rings (SSSR count). The molecule has 0 aliphatic carbocycles. The zero-order valence-corrected chi connectivity index (χ0v) is 14.2. The van der Waals surface area contributed by atoms with Crippen molar-refractivity contribution in [1.82, 2.24) is 9.78 Å². The van der Waals surface area contributed by atoms with Gasteiger partial charge in [-0.15, -0.1) is 0 Å². The lowest BCUT2D eigenvalue weighted by atomic mass is 10.1. The molecule has 0 bridgehead atoms. The summed E-state index contributed by atoms with van der Waals surface area (Å²) >= 11 is 0. The van der Waals surface area contributed by atoms with Crippen molar-refractivity contribution in [3.63, 3.8) is 0 Å². The Hall–Kier alpha value is -3.54. The number of benzene rings is 2. The highest BCUT2D eigenvalue weighted by Gasteiger charge is 2.16. The molecule has 0 amide bonds. The van der Waals surface area contributed by atoms with Crippen molar-refractivity contribution < 1.29 is 14.4 Å². The van der Waals surface area contributed by atoms with Crippen LogP contribution in [-0.4, -0.2) is 28.3 Å². The number of fused-ring (bicyclic) bond motifs is 1. The minimum Gasteiger partial charge on any atom is -0.497 e. The third-order valence-electron chi connectivity index (χ3n) is 4.18. The van der Waals surface area contributed by atoms with Crippen LogP contribution in [0.4, 0.5) is 0 Å². The highest BCUT2D eigenvalue weighted by molar-refractivity contribution is 5.93. The Morgan fingerprint density at radius 1 is 1.15 bits per heavy atom. The van der Waals surface area contributed by atoms with Crippen molar-refractivity contribution in [3.05, 3.63) is 72.0 Å². The Bertz CT molecular complexity index is 1060. The van der Waals surface area contributed by atoms with Gasteiger partial charge in [-0.25, -0.2) is 0 Å². The largest absolute Gasteiger partial charge is 0.497 e. The fourth-order valence-corrected chi connectivity index (χ4v) is 2.95. The molecule has 0 aliphatic rings. The molecule has 0 radical (unpaired) electrons. The van der Waals surface area contributed by atoms with Crippen molar-refractivity contribution >= 4 is 17.1 Å². The SMILES string of the molecule is COc1ccc2c(-c3ccc(/C=N/O)o3)nn(Cc3ccccc3)c2c1. The van der Waals surface area contributed by atoms with E-state index in [4.69, 9.17) is 19.5 Å². The first kappa shape index (κ1) is 16.0. The molecule has 6 nitrogen and oxygen atoms in total. The topological polar surface area (TPSA) is 72.8 Å². The smallest absolute Gasteiger partial charge is 0.155 e. The molecule has 0 saturated carbocycles. The van der Waals surface area contributed by atoms with Crippen LogP contribution in [0.25, 0.3) is 22.4 Å². The van der Waals surface area contributed by atoms with Crippen LogP contribution in [0.15, 0.2) is 70.2 Å². The molecule has 4 aromatic rings. The number of rotatable bonds is 5. The first-order valence-electron chi connectivity index (χ1n) is 8.14. The van der Waals surface area contributed by atoms with Crippen molar-refractivity contribution in [3.8, 4) is 17.2 Å². The maximum absolute atomic E-state index is 8.67. The van der Waals surface area contributed by atoms with Gasteiger partial charge in [0, 0.05) is 11.5 Å². The summed E-state index contributed by atoms with van der Waals surface area (Å²) in [7, 11) is 1.65. The van der Waals surface area contributed by atoms with Crippen molar-refractivity contribution in [2.75, 3.05) is 7.11 Å². The fourth-order valence-electron chi connectivity index (χ4n) is 2.95. The van der Waals surface area contributed by atoms with Crippen LogP contribution in [0, 0.1) is 0 Å². The Balaban J connectivity index is 1.85. The number of furan rings is 1. The number of oxime groups is 1. The molecular weight excluding hydrogens is 330 g/mol. The molecule has 0 unspecified atom stereocenters. The molecule has 2 aromatic heterocycles. The van der Waals surface area contributed by atoms with Gasteiger partial charge in [0.1, 0.15) is 23.4 Å². The molecular formula is C20H17N3O3. The van der Waals surface area contributed by atoms with E-state index in [0.717, 1.165) is 27.9 Å². The second-order valence-electron chi connectivity index (χ2n) is 5.82. The first-order chi connectivity index (χ1) is 12.8. The average Bonchev–Trinajstić information content (AvgIpc) is 3.27. The van der Waals surface area contributed by atoms with Gasteiger partial charge in [0.25, 0.3) is 0 Å². The highest BCUT2D eigenvalue weighted by atomic mass is 16.5. The van der Waals surface area contributed by atoms with Crippen molar-refractivity contribution in [1.29, 1.82) is 0 Å². The van der Waals surface area contributed by atoms with Crippen LogP contribution in [-0.2, 0) is 6.54 Å². The van der Waals surface area contributed by atoms with Gasteiger partial charge in [-0.3, -0.25) is 4.68 Å². The molecule has 6 heteroatoms. The number of nitrogens with zero attached hydrogens (tertiary/aromatic N) is 3. The van der Waals surface area contributed by atoms with Gasteiger partial charge in [-0.1, -0.05) is 35.5 Å². The lowest BCUT2D eigenvalue weighted by Gasteiger charge is -2.05. The number of hydrogen-bond acceptors (Lipinski definition) is 5. The molecule has 2 heterocycles. The maximum Gasteiger partial charge on any atom is 0.155 e. The molecule has 0 atom stereocenters. The summed E-state index contributed by atoms with van der Waals surface area (Å²) in [6.07, 6.45) is 1.25. The summed E-state index contributed by atoms with van der Waals surface area (Å²) in [5.74, 6) is 1.84. The van der Waals surface area contributed by atoms with Crippen LogP contribution in [0.5, 0.6) is 5.75 Å². The average molecular weight is 347 g/mol. The van der Waals surface area contributed by atoms with Crippen LogP contribution >= 0.6 is 0 Å². The van der Waals surface area contributed by atoms with Gasteiger partial charge >= 0.3 is 0 Å². The van der Waals surface area contributed by atoms with Crippen LogP contribution < -0.4 is 4.74 Å². The first-order valence-corrected chi connectivity index (χ1v) is 8.14. The van der Waals surface area contributed by atoms with Crippen molar-refractivity contribution in [2.24, 2.45) is 5.16 Å². The predicted molar refractivity (Wildman–Crippen MR) is 98.9 cm³/mol. The monoisotopic (exact) mass is 347 g/mol. The lowest BCUT2D eigenvalue weighted by molar-refractivity contribution is 0.321. The Morgan fingerprint density at radius 2 is 2.00 bits per heavy atom. The summed E-state index contributed by atoms with van der Waals surface area (Å²) < 4.78 is 13.0. The molecule has 130 valence electrons. The van der Waals surface area contributed by atoms with Gasteiger partial charge in [-0.05, 0) is 29.8 Å². The molecule has 26 heavy (non-hydrogen) atoms. The lowest BCUT2D eigenvalue weighted by Crippen LogP contribution is -2.01. The van der Waals surface area contributed by atoms with Crippen LogP contribution in [0.1, 0.15) is 11.3 Å². The third kappa shape index (κ3) is 2.93. The van der Waals surface area contributed by atoms with Crippen LogP contribution in [0.2, 0.25) is 0 Å². The minimum atomic E-state index is 0.460. The fraction of sp³-hybridized carbons (Fsp3) is 0.100. The molecule has 0 saturated heterocycles. The van der Waals surface area contributed by atoms with Crippen molar-refractivity contribution in [2.45, 2.75) is 6.54 Å². The van der Waals surface area contributed by atoms with Gasteiger partial charge in [-0.2, -0.15) is 5.10 Å². The van der Waals surface area contributed by atoms with Gasteiger partial charge in [0.15, 0.2) is 5.76 Å². The summed E-state index contributed by atoms with van der Waals surface area (Å²) in [5, 5.41) is 17.4. The van der Waals surface area contributed by atoms with E-state index in [1.54, 1.807) is 13.2 Å². The predicted octanol–water partition coefficient (Wildman–Crippen LogP) is 4.16. The molecule has 0 spiro atoms. The van der Waals surface area contributed by atoms with E-state index in [0.29, 0.717) is 18.1 Å². The Morgan fingerprint density at radius 3 is 2.77 bits per heavy atom. The van der Waals surface area contributed by atoms with Gasteiger partial charge in [0.05, 0.1) is 19.2 Å². The standard InChI is InChI=1S/C20H17N3O3/c1-25-15-7-9-17-18(11-15)23(13-14-5-3-2-4-6-14)22-20(17)19-10-8-16(26-19)12-21-24/h2-12,24H,13H2,1H3/b21-12+. The van der Waals surface area contributed by atoms with E-state index in [2.05, 4.69) is 17.3 Å². The summed E-state index contributed by atoms with van der Waals surface area (Å²) in [6.45, 7) is 0.635.